The quantitative estimate of drug-likeness (QED) is 0.0664. The van der Waals surface area contributed by atoms with Gasteiger partial charge in [0.15, 0.2) is 0 Å². The SMILES string of the molecule is Cc1cc(C)c(OCOc2c(C)cc(C)cc2CSCCC(F)(F)C(F)(F)C(F)(F)C(F)(F)C(F)(F)C(F)(F)F)c(CSCCC(F)(F)C(F)(F)C(F)(F)C(F)(F)C(F)(F)C(F)(F)F)c1. The van der Waals surface area contributed by atoms with E-state index >= 15 is 0 Å². The minimum atomic E-state index is -8.06. The summed E-state index contributed by atoms with van der Waals surface area (Å²) in [5.41, 5.74) is 1.29. The first kappa shape index (κ1) is 58.0. The summed E-state index contributed by atoms with van der Waals surface area (Å²) in [6, 6.07) is 5.45. The maximum absolute atomic E-state index is 14.3. The summed E-state index contributed by atoms with van der Waals surface area (Å²) in [5.74, 6) is -79.5. The first-order valence-electron chi connectivity index (χ1n) is 17.3. The van der Waals surface area contributed by atoms with Gasteiger partial charge in [-0.3, -0.25) is 0 Å². The molecular formula is C35H30F26O2S2. The van der Waals surface area contributed by atoms with Crippen LogP contribution in [0.25, 0.3) is 0 Å². The van der Waals surface area contributed by atoms with E-state index in [1.165, 1.54) is 52.0 Å². The van der Waals surface area contributed by atoms with Gasteiger partial charge >= 0.3 is 71.6 Å². The molecule has 2 rings (SSSR count). The lowest BCUT2D eigenvalue weighted by Crippen LogP contribution is -2.70. The third kappa shape index (κ3) is 10.6. The van der Waals surface area contributed by atoms with Crippen LogP contribution >= 0.6 is 23.5 Å². The van der Waals surface area contributed by atoms with E-state index in [0.29, 0.717) is 11.1 Å². The molecule has 0 aliphatic rings. The van der Waals surface area contributed by atoms with Gasteiger partial charge in [-0.2, -0.15) is 138 Å². The Balaban J connectivity index is 2.21. The fourth-order valence-corrected chi connectivity index (χ4v) is 7.50. The molecule has 0 heterocycles. The van der Waals surface area contributed by atoms with Crippen molar-refractivity contribution in [1.82, 2.24) is 0 Å². The molecule has 0 fully saturated rings. The molecule has 0 radical (unpaired) electrons. The normalized spacial score (nSPS) is 14.9. The van der Waals surface area contributed by atoms with E-state index < -0.39 is 114 Å². The third-order valence-corrected chi connectivity index (χ3v) is 11.0. The lowest BCUT2D eigenvalue weighted by molar-refractivity contribution is -0.439. The number of rotatable bonds is 22. The Morgan fingerprint density at radius 3 is 0.892 bits per heavy atom. The van der Waals surface area contributed by atoms with Crippen LogP contribution in [-0.4, -0.2) is 89.9 Å². The van der Waals surface area contributed by atoms with Crippen molar-refractivity contribution >= 4 is 23.5 Å². The minimum Gasteiger partial charge on any atom is -0.457 e. The van der Waals surface area contributed by atoms with E-state index in [1.54, 1.807) is 0 Å². The molecule has 30 heteroatoms. The predicted molar refractivity (Wildman–Crippen MR) is 181 cm³/mol. The molecule has 0 saturated carbocycles. The summed E-state index contributed by atoms with van der Waals surface area (Å²) < 4.78 is 361. The number of halogens is 26. The molecule has 0 N–H and O–H groups in total. The van der Waals surface area contributed by atoms with Crippen LogP contribution in [0, 0.1) is 27.7 Å². The van der Waals surface area contributed by atoms with Gasteiger partial charge in [0, 0.05) is 35.5 Å². The highest BCUT2D eigenvalue weighted by molar-refractivity contribution is 7.98. The van der Waals surface area contributed by atoms with Crippen LogP contribution in [0.4, 0.5) is 114 Å². The average Bonchev–Trinajstić information content (AvgIpc) is 3.12. The summed E-state index contributed by atoms with van der Waals surface area (Å²) in [6.45, 7) is 4.83. The Morgan fingerprint density at radius 2 is 0.631 bits per heavy atom. The largest absolute Gasteiger partial charge is 0.460 e. The van der Waals surface area contributed by atoms with Gasteiger partial charge in [0.05, 0.1) is 0 Å². The molecule has 0 aliphatic heterocycles. The maximum atomic E-state index is 14.3. The highest BCUT2D eigenvalue weighted by Crippen LogP contribution is 2.62. The fraction of sp³-hybridized carbons (Fsp3) is 0.657. The van der Waals surface area contributed by atoms with Crippen LogP contribution in [0.5, 0.6) is 11.5 Å². The van der Waals surface area contributed by atoms with E-state index in [2.05, 4.69) is 0 Å². The van der Waals surface area contributed by atoms with E-state index in [0.717, 1.165) is 0 Å². The van der Waals surface area contributed by atoms with Crippen LogP contribution < -0.4 is 9.47 Å². The van der Waals surface area contributed by atoms with Gasteiger partial charge in [-0.1, -0.05) is 35.4 Å². The molecule has 0 spiro atoms. The number of thioether (sulfide) groups is 2. The zero-order valence-corrected chi connectivity index (χ0v) is 34.4. The Labute approximate surface area is 358 Å². The Morgan fingerprint density at radius 1 is 0.369 bits per heavy atom. The second-order valence-corrected chi connectivity index (χ2v) is 16.4. The third-order valence-electron chi connectivity index (χ3n) is 9.03. The van der Waals surface area contributed by atoms with Gasteiger partial charge in [-0.15, -0.1) is 0 Å². The predicted octanol–water partition coefficient (Wildman–Crippen LogP) is 15.1. The van der Waals surface area contributed by atoms with Crippen LogP contribution in [0.2, 0.25) is 0 Å². The molecule has 0 atom stereocenters. The molecule has 0 aromatic heterocycles. The molecular weight excluding hydrogens is 1010 g/mol. The highest BCUT2D eigenvalue weighted by Gasteiger charge is 2.92. The summed E-state index contributed by atoms with van der Waals surface area (Å²) in [6.07, 6.45) is -20.1. The van der Waals surface area contributed by atoms with Crippen LogP contribution in [0.15, 0.2) is 24.3 Å². The summed E-state index contributed by atoms with van der Waals surface area (Å²) in [7, 11) is 0. The zero-order chi connectivity index (χ0) is 51.2. The minimum absolute atomic E-state index is 0.00691. The van der Waals surface area contributed by atoms with Gasteiger partial charge in [0.1, 0.15) is 11.5 Å². The molecule has 2 aromatic carbocycles. The van der Waals surface area contributed by atoms with Crippen molar-refractivity contribution in [1.29, 1.82) is 0 Å². The number of benzene rings is 2. The van der Waals surface area contributed by atoms with Crippen LogP contribution in [0.3, 0.4) is 0 Å². The molecule has 0 amide bonds. The van der Waals surface area contributed by atoms with Crippen molar-refractivity contribution in [2.75, 3.05) is 18.3 Å². The van der Waals surface area contributed by atoms with Crippen molar-refractivity contribution in [2.24, 2.45) is 0 Å². The second-order valence-electron chi connectivity index (χ2n) is 14.2. The molecule has 2 nitrogen and oxygen atoms in total. The lowest BCUT2D eigenvalue weighted by Gasteiger charge is -2.39. The highest BCUT2D eigenvalue weighted by atomic mass is 32.2. The van der Waals surface area contributed by atoms with Crippen molar-refractivity contribution in [3.05, 3.63) is 57.6 Å². The standard InChI is InChI=1S/C35H30F26O2S2/c1-16-9-18(3)22(20(11-16)13-64-7-5-24(36,37)26(40,41)28(44,45)30(48,49)32(52,53)34(56,57)58)62-15-63-23-19(4)10-17(2)12-21(23)14-65-8-6-25(38,39)27(42,43)29(46,47)31(50,51)33(54,55)35(59,60)61/h9-12H,5-8,13-15H2,1-4H3. The van der Waals surface area contributed by atoms with Crippen LogP contribution in [-0.2, 0) is 11.5 Å². The topological polar surface area (TPSA) is 18.5 Å². The van der Waals surface area contributed by atoms with Gasteiger partial charge in [-0.05, 0) is 50.3 Å². The van der Waals surface area contributed by atoms with Crippen molar-refractivity contribution in [3.63, 3.8) is 0 Å². The van der Waals surface area contributed by atoms with Gasteiger partial charge in [-0.25, -0.2) is 0 Å². The maximum Gasteiger partial charge on any atom is 0.460 e. The first-order chi connectivity index (χ1) is 28.7. The van der Waals surface area contributed by atoms with Crippen LogP contribution in [0.1, 0.15) is 46.2 Å². The molecule has 65 heavy (non-hydrogen) atoms. The van der Waals surface area contributed by atoms with Crippen molar-refractivity contribution in [2.45, 2.75) is 124 Å². The van der Waals surface area contributed by atoms with Gasteiger partial charge < -0.3 is 9.47 Å². The lowest BCUT2D eigenvalue weighted by atomic mass is 9.93. The molecule has 0 aliphatic carbocycles. The number of aryl methyl sites for hydroxylation is 4. The molecule has 0 bridgehead atoms. The van der Waals surface area contributed by atoms with E-state index in [4.69, 9.17) is 9.47 Å². The monoisotopic (exact) mass is 1040 g/mol. The summed E-state index contributed by atoms with van der Waals surface area (Å²) >= 11 is 0.418. The summed E-state index contributed by atoms with van der Waals surface area (Å²) in [5, 5.41) is 0. The van der Waals surface area contributed by atoms with E-state index in [9.17, 15) is 114 Å². The smallest absolute Gasteiger partial charge is 0.457 e. The van der Waals surface area contributed by atoms with E-state index in [1.807, 2.05) is 0 Å². The molecule has 376 valence electrons. The van der Waals surface area contributed by atoms with E-state index in [-0.39, 0.29) is 57.3 Å². The van der Waals surface area contributed by atoms with Gasteiger partial charge in [0.25, 0.3) is 0 Å². The Kier molecular flexibility index (Phi) is 16.8. The Bertz CT molecular complexity index is 1820. The molecule has 2 aromatic rings. The molecule has 0 saturated heterocycles. The number of hydrogen-bond acceptors (Lipinski definition) is 4. The van der Waals surface area contributed by atoms with Crippen molar-refractivity contribution < 1.29 is 124 Å². The Hall–Kier alpha value is -3.08. The summed E-state index contributed by atoms with van der Waals surface area (Å²) in [4.78, 5) is 0. The number of alkyl halides is 26. The van der Waals surface area contributed by atoms with Crippen molar-refractivity contribution in [3.8, 4) is 11.5 Å². The number of hydrogen-bond donors (Lipinski definition) is 0. The zero-order valence-electron chi connectivity index (χ0n) is 32.7. The fourth-order valence-electron chi connectivity index (χ4n) is 5.54. The first-order valence-corrected chi connectivity index (χ1v) is 19.6. The van der Waals surface area contributed by atoms with Gasteiger partial charge in [0.2, 0.25) is 6.79 Å². The number of ether oxygens (including phenoxy) is 2. The second kappa shape index (κ2) is 18.8. The molecule has 0 unspecified atom stereocenters. The average molecular weight is 1040 g/mol.